The van der Waals surface area contributed by atoms with E-state index in [1.165, 1.54) is 0 Å². The van der Waals surface area contributed by atoms with Gasteiger partial charge >= 0.3 is 6.09 Å². The zero-order chi connectivity index (χ0) is 16.6. The maximum atomic E-state index is 12.0. The minimum absolute atomic E-state index is 0.276. The van der Waals surface area contributed by atoms with Gasteiger partial charge in [-0.05, 0) is 33.1 Å². The van der Waals surface area contributed by atoms with Crippen LogP contribution in [0.25, 0.3) is 0 Å². The molecule has 128 valence electrons. The second kappa shape index (κ2) is 8.98. The molecule has 1 rings (SSSR count). The number of nitrogens with one attached hydrogen (secondary N) is 1. The van der Waals surface area contributed by atoms with Crippen LogP contribution in [-0.2, 0) is 9.47 Å². The SMILES string of the molecule is CC(C)COCCCNC1=NCCN(C(=O)OC(C)(C)C)C1. The van der Waals surface area contributed by atoms with Crippen LogP contribution in [0.2, 0.25) is 0 Å². The highest BCUT2D eigenvalue weighted by Crippen LogP contribution is 2.10. The lowest BCUT2D eigenvalue weighted by atomic mass is 10.2. The topological polar surface area (TPSA) is 63.2 Å². The number of ether oxygens (including phenoxy) is 2. The van der Waals surface area contributed by atoms with Crippen molar-refractivity contribution in [2.45, 2.75) is 46.6 Å². The molecule has 0 atom stereocenters. The largest absolute Gasteiger partial charge is 0.444 e. The molecule has 22 heavy (non-hydrogen) atoms. The standard InChI is InChI=1S/C16H31N3O3/c1-13(2)12-21-10-6-7-17-14-11-19(9-8-18-14)15(20)22-16(3,4)5/h13H,6-12H2,1-5H3,(H,17,18). The third kappa shape index (κ3) is 8.22. The second-order valence-corrected chi connectivity index (χ2v) is 6.98. The fourth-order valence-corrected chi connectivity index (χ4v) is 1.94. The summed E-state index contributed by atoms with van der Waals surface area (Å²) in [5, 5.41) is 3.28. The molecule has 0 aromatic rings. The van der Waals surface area contributed by atoms with Gasteiger partial charge in [0.15, 0.2) is 0 Å². The first kappa shape index (κ1) is 18.7. The Kier molecular flexibility index (Phi) is 7.65. The van der Waals surface area contributed by atoms with E-state index >= 15 is 0 Å². The van der Waals surface area contributed by atoms with E-state index in [-0.39, 0.29) is 6.09 Å². The van der Waals surface area contributed by atoms with E-state index in [0.717, 1.165) is 32.0 Å². The summed E-state index contributed by atoms with van der Waals surface area (Å²) < 4.78 is 10.9. The molecule has 0 radical (unpaired) electrons. The van der Waals surface area contributed by atoms with Gasteiger partial charge < -0.3 is 14.8 Å². The van der Waals surface area contributed by atoms with Crippen LogP contribution < -0.4 is 5.32 Å². The number of amidine groups is 1. The van der Waals surface area contributed by atoms with Crippen molar-refractivity contribution < 1.29 is 14.3 Å². The van der Waals surface area contributed by atoms with Gasteiger partial charge in [0.05, 0.1) is 13.1 Å². The van der Waals surface area contributed by atoms with Gasteiger partial charge in [0, 0.05) is 26.3 Å². The van der Waals surface area contributed by atoms with Gasteiger partial charge in [-0.25, -0.2) is 4.79 Å². The van der Waals surface area contributed by atoms with Crippen molar-refractivity contribution in [2.24, 2.45) is 10.9 Å². The molecule has 0 aromatic heterocycles. The minimum Gasteiger partial charge on any atom is -0.444 e. The average molecular weight is 313 g/mol. The first-order valence-electron chi connectivity index (χ1n) is 8.11. The van der Waals surface area contributed by atoms with Gasteiger partial charge in [-0.15, -0.1) is 0 Å². The van der Waals surface area contributed by atoms with Crippen LogP contribution in [0.15, 0.2) is 4.99 Å². The molecular weight excluding hydrogens is 282 g/mol. The maximum Gasteiger partial charge on any atom is 0.410 e. The van der Waals surface area contributed by atoms with Crippen molar-refractivity contribution >= 4 is 11.9 Å². The summed E-state index contributed by atoms with van der Waals surface area (Å²) in [6, 6.07) is 0. The summed E-state index contributed by atoms with van der Waals surface area (Å²) >= 11 is 0. The molecule has 0 saturated carbocycles. The van der Waals surface area contributed by atoms with Gasteiger partial charge in [-0.2, -0.15) is 0 Å². The summed E-state index contributed by atoms with van der Waals surface area (Å²) in [7, 11) is 0. The van der Waals surface area contributed by atoms with E-state index < -0.39 is 5.60 Å². The Hall–Kier alpha value is -1.30. The number of amides is 1. The first-order valence-corrected chi connectivity index (χ1v) is 8.11. The molecule has 6 nitrogen and oxygen atoms in total. The highest BCUT2D eigenvalue weighted by atomic mass is 16.6. The zero-order valence-electron chi connectivity index (χ0n) is 14.6. The lowest BCUT2D eigenvalue weighted by molar-refractivity contribution is 0.0276. The van der Waals surface area contributed by atoms with Crippen LogP contribution in [0.5, 0.6) is 0 Å². The van der Waals surface area contributed by atoms with E-state index in [0.29, 0.717) is 25.6 Å². The number of hydrogen-bond acceptors (Lipinski definition) is 5. The van der Waals surface area contributed by atoms with Gasteiger partial charge in [0.2, 0.25) is 0 Å². The summed E-state index contributed by atoms with van der Waals surface area (Å²) in [4.78, 5) is 18.1. The van der Waals surface area contributed by atoms with Gasteiger partial charge in [-0.1, -0.05) is 13.8 Å². The number of hydrogen-bond donors (Lipinski definition) is 1. The molecule has 0 unspecified atom stereocenters. The van der Waals surface area contributed by atoms with Crippen molar-refractivity contribution in [3.05, 3.63) is 0 Å². The first-order chi connectivity index (χ1) is 10.3. The van der Waals surface area contributed by atoms with Crippen molar-refractivity contribution in [2.75, 3.05) is 39.4 Å². The predicted molar refractivity (Wildman–Crippen MR) is 88.4 cm³/mol. The Morgan fingerprint density at radius 1 is 1.41 bits per heavy atom. The maximum absolute atomic E-state index is 12.0. The number of carbonyl (C=O) groups excluding carboxylic acids is 1. The van der Waals surface area contributed by atoms with Gasteiger partial charge in [0.1, 0.15) is 11.4 Å². The van der Waals surface area contributed by atoms with Crippen LogP contribution >= 0.6 is 0 Å². The molecule has 1 aliphatic heterocycles. The molecule has 0 spiro atoms. The minimum atomic E-state index is -0.465. The van der Waals surface area contributed by atoms with Crippen LogP contribution in [-0.4, -0.2) is 61.8 Å². The summed E-state index contributed by atoms with van der Waals surface area (Å²) in [6.07, 6.45) is 0.653. The van der Waals surface area contributed by atoms with Gasteiger partial charge in [0.25, 0.3) is 0 Å². The van der Waals surface area contributed by atoms with Crippen molar-refractivity contribution in [1.82, 2.24) is 10.2 Å². The third-order valence-corrected chi connectivity index (χ3v) is 2.91. The van der Waals surface area contributed by atoms with E-state index in [9.17, 15) is 4.79 Å². The van der Waals surface area contributed by atoms with E-state index in [2.05, 4.69) is 24.2 Å². The molecule has 1 aliphatic rings. The summed E-state index contributed by atoms with van der Waals surface area (Å²) in [5.74, 6) is 1.42. The van der Waals surface area contributed by atoms with Crippen molar-refractivity contribution in [3.63, 3.8) is 0 Å². The van der Waals surface area contributed by atoms with Crippen LogP contribution in [0.3, 0.4) is 0 Å². The van der Waals surface area contributed by atoms with Crippen LogP contribution in [0.1, 0.15) is 41.0 Å². The Morgan fingerprint density at radius 3 is 2.77 bits per heavy atom. The average Bonchev–Trinajstić information content (AvgIpc) is 2.41. The summed E-state index contributed by atoms with van der Waals surface area (Å²) in [6.45, 7) is 14.0. The molecule has 0 aliphatic carbocycles. The third-order valence-electron chi connectivity index (χ3n) is 2.91. The Morgan fingerprint density at radius 2 is 2.14 bits per heavy atom. The van der Waals surface area contributed by atoms with Crippen LogP contribution in [0, 0.1) is 5.92 Å². The summed E-state index contributed by atoms with van der Waals surface area (Å²) in [5.41, 5.74) is -0.465. The molecule has 0 fully saturated rings. The normalized spacial score (nSPS) is 15.7. The number of nitrogens with zero attached hydrogens (tertiary/aromatic N) is 2. The molecule has 0 bridgehead atoms. The quantitative estimate of drug-likeness (QED) is 0.764. The number of rotatable bonds is 6. The number of carbonyl (C=O) groups is 1. The van der Waals surface area contributed by atoms with E-state index in [1.807, 2.05) is 20.8 Å². The molecular formula is C16H31N3O3. The Labute approximate surface area is 134 Å². The smallest absolute Gasteiger partial charge is 0.410 e. The molecule has 6 heteroatoms. The molecule has 0 aromatic carbocycles. The Bertz CT molecular complexity index is 375. The van der Waals surface area contributed by atoms with E-state index in [1.54, 1.807) is 4.90 Å². The fourth-order valence-electron chi connectivity index (χ4n) is 1.94. The monoisotopic (exact) mass is 313 g/mol. The van der Waals surface area contributed by atoms with E-state index in [4.69, 9.17) is 9.47 Å². The number of aliphatic imine (C=N–C) groups is 1. The van der Waals surface area contributed by atoms with Crippen molar-refractivity contribution in [1.29, 1.82) is 0 Å². The molecule has 1 amide bonds. The zero-order valence-corrected chi connectivity index (χ0v) is 14.6. The van der Waals surface area contributed by atoms with Crippen molar-refractivity contribution in [3.8, 4) is 0 Å². The lowest BCUT2D eigenvalue weighted by Crippen LogP contribution is -2.47. The highest BCUT2D eigenvalue weighted by molar-refractivity contribution is 5.87. The Balaban J connectivity index is 2.23. The highest BCUT2D eigenvalue weighted by Gasteiger charge is 2.24. The molecule has 1 heterocycles. The fraction of sp³-hybridized carbons (Fsp3) is 0.875. The van der Waals surface area contributed by atoms with Gasteiger partial charge in [-0.3, -0.25) is 9.89 Å². The predicted octanol–water partition coefficient (Wildman–Crippen LogP) is 2.29. The lowest BCUT2D eigenvalue weighted by Gasteiger charge is -2.29. The molecule has 1 N–H and O–H groups in total. The second-order valence-electron chi connectivity index (χ2n) is 6.98. The molecule has 0 saturated heterocycles. The van der Waals surface area contributed by atoms with Crippen LogP contribution in [0.4, 0.5) is 4.79 Å².